The number of aromatic carboxylic acids is 1. The molecular formula is C18H11F3N2O4S2. The van der Waals surface area contributed by atoms with Crippen molar-refractivity contribution in [3.63, 3.8) is 0 Å². The maximum atomic E-state index is 13.2. The van der Waals surface area contributed by atoms with Crippen LogP contribution in [0.3, 0.4) is 0 Å². The predicted octanol–water partition coefficient (Wildman–Crippen LogP) is 4.51. The van der Waals surface area contributed by atoms with Crippen LogP contribution in [0.5, 0.6) is 0 Å². The smallest absolute Gasteiger partial charge is 0.416 e. The summed E-state index contributed by atoms with van der Waals surface area (Å²) in [7, 11) is -4.41. The second kappa shape index (κ2) is 6.29. The largest absolute Gasteiger partial charge is 0.477 e. The SMILES string of the molecule is Cc1nc2cc(S(=O)(=O)n3c(C(=O)O)cc4cc(C(F)(F)F)ccc43)ccc2s1. The highest BCUT2D eigenvalue weighted by molar-refractivity contribution is 7.90. The maximum absolute atomic E-state index is 13.2. The molecule has 0 spiro atoms. The van der Waals surface area contributed by atoms with Crippen molar-refractivity contribution < 1.29 is 31.5 Å². The van der Waals surface area contributed by atoms with E-state index in [1.807, 2.05) is 0 Å². The minimum absolute atomic E-state index is 0.147. The van der Waals surface area contributed by atoms with Gasteiger partial charge >= 0.3 is 12.1 Å². The molecule has 0 bridgehead atoms. The highest BCUT2D eigenvalue weighted by Gasteiger charge is 2.32. The van der Waals surface area contributed by atoms with Gasteiger partial charge in [0, 0.05) is 5.39 Å². The molecule has 0 unspecified atom stereocenters. The molecule has 0 fully saturated rings. The summed E-state index contributed by atoms with van der Waals surface area (Å²) in [4.78, 5) is 15.7. The van der Waals surface area contributed by atoms with Crippen LogP contribution in [-0.4, -0.2) is 28.5 Å². The lowest BCUT2D eigenvalue weighted by Crippen LogP contribution is -2.18. The van der Waals surface area contributed by atoms with Crippen LogP contribution in [0.1, 0.15) is 21.1 Å². The summed E-state index contributed by atoms with van der Waals surface area (Å²) in [5.74, 6) is -1.58. The van der Waals surface area contributed by atoms with Gasteiger partial charge in [0.1, 0.15) is 5.69 Å². The average Bonchev–Trinajstić information content (AvgIpc) is 3.19. The summed E-state index contributed by atoms with van der Waals surface area (Å²) in [5.41, 5.74) is -1.39. The Morgan fingerprint density at radius 2 is 1.86 bits per heavy atom. The van der Waals surface area contributed by atoms with Gasteiger partial charge in [-0.2, -0.15) is 13.2 Å². The molecule has 2 aromatic heterocycles. The zero-order valence-electron chi connectivity index (χ0n) is 14.6. The zero-order valence-corrected chi connectivity index (χ0v) is 16.2. The molecule has 0 saturated heterocycles. The molecular weight excluding hydrogens is 429 g/mol. The number of thiazole rings is 1. The van der Waals surface area contributed by atoms with Crippen LogP contribution < -0.4 is 0 Å². The molecule has 0 aliphatic rings. The molecule has 11 heteroatoms. The fourth-order valence-electron chi connectivity index (χ4n) is 3.06. The van der Waals surface area contributed by atoms with Crippen molar-refractivity contribution in [1.29, 1.82) is 0 Å². The van der Waals surface area contributed by atoms with Crippen molar-refractivity contribution in [1.82, 2.24) is 8.96 Å². The normalized spacial score (nSPS) is 12.7. The number of aryl methyl sites for hydroxylation is 1. The van der Waals surface area contributed by atoms with E-state index >= 15 is 0 Å². The summed E-state index contributed by atoms with van der Waals surface area (Å²) in [6.07, 6.45) is -4.65. The van der Waals surface area contributed by atoms with Crippen LogP contribution in [-0.2, 0) is 16.2 Å². The first-order chi connectivity index (χ1) is 13.5. The monoisotopic (exact) mass is 440 g/mol. The van der Waals surface area contributed by atoms with Gasteiger partial charge in [-0.3, -0.25) is 0 Å². The van der Waals surface area contributed by atoms with Gasteiger partial charge in [-0.05, 0) is 49.4 Å². The number of rotatable bonds is 3. The van der Waals surface area contributed by atoms with Crippen molar-refractivity contribution in [2.45, 2.75) is 18.0 Å². The van der Waals surface area contributed by atoms with Crippen LogP contribution in [0.2, 0.25) is 0 Å². The Morgan fingerprint density at radius 1 is 1.14 bits per heavy atom. The van der Waals surface area contributed by atoms with Crippen LogP contribution in [0.15, 0.2) is 47.4 Å². The molecule has 0 radical (unpaired) electrons. The van der Waals surface area contributed by atoms with E-state index in [-0.39, 0.29) is 15.8 Å². The number of benzene rings is 2. The first-order valence-electron chi connectivity index (χ1n) is 8.07. The highest BCUT2D eigenvalue weighted by atomic mass is 32.2. The summed E-state index contributed by atoms with van der Waals surface area (Å²) >= 11 is 1.37. The Labute approximate surface area is 165 Å². The molecule has 6 nitrogen and oxygen atoms in total. The fourth-order valence-corrected chi connectivity index (χ4v) is 5.40. The van der Waals surface area contributed by atoms with E-state index in [9.17, 15) is 31.5 Å². The van der Waals surface area contributed by atoms with E-state index in [1.165, 1.54) is 23.5 Å². The molecule has 2 heterocycles. The first-order valence-corrected chi connectivity index (χ1v) is 10.3. The number of halogens is 3. The molecule has 150 valence electrons. The van der Waals surface area contributed by atoms with Crippen LogP contribution >= 0.6 is 11.3 Å². The van der Waals surface area contributed by atoms with Gasteiger partial charge in [-0.15, -0.1) is 11.3 Å². The van der Waals surface area contributed by atoms with Crippen LogP contribution in [0.25, 0.3) is 21.1 Å². The first kappa shape index (κ1) is 19.4. The fraction of sp³-hybridized carbons (Fsp3) is 0.111. The number of carboxylic acid groups (broad SMARTS) is 1. The van der Waals surface area contributed by atoms with E-state index < -0.39 is 33.4 Å². The van der Waals surface area contributed by atoms with Crippen molar-refractivity contribution in [2.24, 2.45) is 0 Å². The van der Waals surface area contributed by atoms with Gasteiger partial charge < -0.3 is 5.11 Å². The third-order valence-corrected chi connectivity index (χ3v) is 6.98. The number of hydrogen-bond donors (Lipinski definition) is 1. The van der Waals surface area contributed by atoms with Crippen molar-refractivity contribution in [3.05, 3.63) is 58.7 Å². The highest BCUT2D eigenvalue weighted by Crippen LogP contribution is 2.34. The van der Waals surface area contributed by atoms with Gasteiger partial charge in [0.25, 0.3) is 10.0 Å². The third-order valence-electron chi connectivity index (χ3n) is 4.31. The Hall–Kier alpha value is -2.92. The van der Waals surface area contributed by atoms with E-state index in [0.29, 0.717) is 15.6 Å². The number of nitrogens with zero attached hydrogens (tertiary/aromatic N) is 2. The molecule has 0 aliphatic carbocycles. The Morgan fingerprint density at radius 3 is 2.52 bits per heavy atom. The van der Waals surface area contributed by atoms with Crippen molar-refractivity contribution in [3.8, 4) is 0 Å². The molecule has 29 heavy (non-hydrogen) atoms. The second-order valence-corrected chi connectivity index (χ2v) is 9.26. The van der Waals surface area contributed by atoms with Gasteiger partial charge in [0.2, 0.25) is 0 Å². The Kier molecular flexibility index (Phi) is 4.21. The van der Waals surface area contributed by atoms with E-state index in [0.717, 1.165) is 27.9 Å². The lowest BCUT2D eigenvalue weighted by atomic mass is 10.1. The topological polar surface area (TPSA) is 89.3 Å². The third kappa shape index (κ3) is 3.15. The summed E-state index contributed by atoms with van der Waals surface area (Å²) in [6.45, 7) is 1.76. The molecule has 4 aromatic rings. The number of carbonyl (C=O) groups is 1. The zero-order chi connectivity index (χ0) is 21.1. The van der Waals surface area contributed by atoms with Crippen molar-refractivity contribution in [2.75, 3.05) is 0 Å². The standard InChI is InChI=1S/C18H11F3N2O4S2/c1-9-22-13-8-12(3-5-16(13)28-9)29(26,27)23-14-4-2-11(18(19,20)21)6-10(14)7-15(23)17(24)25/h2-8H,1H3,(H,24,25). The molecule has 0 amide bonds. The summed E-state index contributed by atoms with van der Waals surface area (Å²) in [6, 6.07) is 7.49. The molecule has 4 rings (SSSR count). The number of fused-ring (bicyclic) bond motifs is 2. The molecule has 0 aliphatic heterocycles. The van der Waals surface area contributed by atoms with Gasteiger partial charge in [0.05, 0.1) is 31.2 Å². The Bertz CT molecular complexity index is 1400. The number of aromatic nitrogens is 2. The molecule has 1 N–H and O–H groups in total. The lowest BCUT2D eigenvalue weighted by molar-refractivity contribution is -0.137. The minimum atomic E-state index is -4.65. The molecule has 0 saturated carbocycles. The summed E-state index contributed by atoms with van der Waals surface area (Å²) in [5, 5.41) is 10.0. The second-order valence-electron chi connectivity index (χ2n) is 6.24. The summed E-state index contributed by atoms with van der Waals surface area (Å²) < 4.78 is 66.7. The van der Waals surface area contributed by atoms with Crippen molar-refractivity contribution >= 4 is 48.4 Å². The average molecular weight is 440 g/mol. The van der Waals surface area contributed by atoms with E-state index in [2.05, 4.69) is 4.98 Å². The molecule has 0 atom stereocenters. The number of hydrogen-bond acceptors (Lipinski definition) is 5. The Balaban J connectivity index is 1.99. The van der Waals surface area contributed by atoms with Crippen LogP contribution in [0, 0.1) is 6.92 Å². The quantitative estimate of drug-likeness (QED) is 0.506. The van der Waals surface area contributed by atoms with Gasteiger partial charge in [-0.1, -0.05) is 0 Å². The van der Waals surface area contributed by atoms with E-state index in [4.69, 9.17) is 0 Å². The number of carboxylic acids is 1. The maximum Gasteiger partial charge on any atom is 0.416 e. The predicted molar refractivity (Wildman–Crippen MR) is 101 cm³/mol. The minimum Gasteiger partial charge on any atom is -0.477 e. The molecule has 2 aromatic carbocycles. The van der Waals surface area contributed by atoms with Crippen LogP contribution in [0.4, 0.5) is 13.2 Å². The van der Waals surface area contributed by atoms with Gasteiger partial charge in [-0.25, -0.2) is 22.2 Å². The van der Waals surface area contributed by atoms with E-state index in [1.54, 1.807) is 13.0 Å². The lowest BCUT2D eigenvalue weighted by Gasteiger charge is -2.11. The van der Waals surface area contributed by atoms with Gasteiger partial charge in [0.15, 0.2) is 0 Å². The number of alkyl halides is 3.